The molecule has 0 saturated carbocycles. The summed E-state index contributed by atoms with van der Waals surface area (Å²) in [7, 11) is -4.08. The number of carbonyl (C=O) groups excluding carboxylic acids is 1. The number of hydrogen-bond acceptors (Lipinski definition) is 4. The van der Waals surface area contributed by atoms with E-state index in [2.05, 4.69) is 10.5 Å². The highest BCUT2D eigenvalue weighted by atomic mass is 32.2. The Balaban J connectivity index is 1.83. The van der Waals surface area contributed by atoms with Crippen molar-refractivity contribution < 1.29 is 26.4 Å². The van der Waals surface area contributed by atoms with Crippen LogP contribution in [-0.4, -0.2) is 27.1 Å². The molecule has 0 unspecified atom stereocenters. The molecule has 0 saturated heterocycles. The molecule has 178 valence electrons. The Hall–Kier alpha value is -3.66. The Bertz CT molecular complexity index is 1310. The van der Waals surface area contributed by atoms with Crippen molar-refractivity contribution in [1.29, 1.82) is 0 Å². The summed E-state index contributed by atoms with van der Waals surface area (Å²) in [5.41, 5.74) is 3.55. The van der Waals surface area contributed by atoms with Gasteiger partial charge in [0.2, 0.25) is 0 Å². The second-order valence-electron chi connectivity index (χ2n) is 7.51. The van der Waals surface area contributed by atoms with Crippen molar-refractivity contribution >= 4 is 27.8 Å². The summed E-state index contributed by atoms with van der Waals surface area (Å²) in [6, 6.07) is 17.1. The molecule has 0 atom stereocenters. The number of anilines is 1. The first kappa shape index (κ1) is 25.0. The van der Waals surface area contributed by atoms with Gasteiger partial charge in [0.1, 0.15) is 6.54 Å². The number of amides is 1. The first-order chi connectivity index (χ1) is 16.0. The van der Waals surface area contributed by atoms with Crippen molar-refractivity contribution in [3.05, 3.63) is 95.1 Å². The lowest BCUT2D eigenvalue weighted by Crippen LogP contribution is -2.39. The second-order valence-corrected chi connectivity index (χ2v) is 9.37. The van der Waals surface area contributed by atoms with Gasteiger partial charge >= 0.3 is 6.18 Å². The van der Waals surface area contributed by atoms with E-state index in [1.165, 1.54) is 24.3 Å². The van der Waals surface area contributed by atoms with Crippen LogP contribution in [0.5, 0.6) is 0 Å². The molecule has 0 aliphatic carbocycles. The number of hydrazone groups is 1. The molecular formula is C24H22F3N3O3S. The van der Waals surface area contributed by atoms with Crippen LogP contribution in [0.25, 0.3) is 0 Å². The fourth-order valence-corrected chi connectivity index (χ4v) is 4.49. The molecule has 1 N–H and O–H groups in total. The molecule has 10 heteroatoms. The molecule has 6 nitrogen and oxygen atoms in total. The van der Waals surface area contributed by atoms with Crippen molar-refractivity contribution in [3.8, 4) is 0 Å². The van der Waals surface area contributed by atoms with Crippen molar-refractivity contribution in [3.63, 3.8) is 0 Å². The maximum absolute atomic E-state index is 13.3. The lowest BCUT2D eigenvalue weighted by atomic mass is 10.1. The standard InChI is InChI=1S/C24H22F3N3O3S/c1-17-11-12-21(13-18(17)2)30(34(32,33)22-9-4-3-5-10-22)16-23(31)29-28-15-19-7-6-8-20(14-19)24(25,26)27/h3-15H,16H2,1-2H3,(H,29,31)/b28-15+. The van der Waals surface area contributed by atoms with E-state index in [9.17, 15) is 26.4 Å². The molecule has 0 aromatic heterocycles. The molecule has 0 heterocycles. The van der Waals surface area contributed by atoms with Gasteiger partial charge in [-0.15, -0.1) is 0 Å². The molecule has 0 radical (unpaired) electrons. The lowest BCUT2D eigenvalue weighted by Gasteiger charge is -2.24. The molecular weight excluding hydrogens is 467 g/mol. The van der Waals surface area contributed by atoms with Gasteiger partial charge in [0, 0.05) is 0 Å². The number of sulfonamides is 1. The minimum atomic E-state index is -4.51. The smallest absolute Gasteiger partial charge is 0.271 e. The molecule has 0 aliphatic rings. The molecule has 3 aromatic rings. The van der Waals surface area contributed by atoms with Crippen LogP contribution in [-0.2, 0) is 21.0 Å². The molecule has 0 spiro atoms. The van der Waals surface area contributed by atoms with Gasteiger partial charge in [-0.3, -0.25) is 9.10 Å². The van der Waals surface area contributed by atoms with Crippen LogP contribution in [0.3, 0.4) is 0 Å². The van der Waals surface area contributed by atoms with E-state index in [1.807, 2.05) is 13.8 Å². The van der Waals surface area contributed by atoms with Crippen LogP contribution >= 0.6 is 0 Å². The van der Waals surface area contributed by atoms with Gasteiger partial charge in [0.15, 0.2) is 0 Å². The fourth-order valence-electron chi connectivity index (χ4n) is 3.06. The summed E-state index contributed by atoms with van der Waals surface area (Å²) in [5.74, 6) is -0.763. The number of rotatable bonds is 7. The summed E-state index contributed by atoms with van der Waals surface area (Å²) in [6.45, 7) is 3.12. The van der Waals surface area contributed by atoms with E-state index in [1.54, 1.807) is 36.4 Å². The van der Waals surface area contributed by atoms with E-state index in [0.717, 1.165) is 33.8 Å². The number of hydrogen-bond donors (Lipinski definition) is 1. The SMILES string of the molecule is Cc1ccc(N(CC(=O)N/N=C/c2cccc(C(F)(F)F)c2)S(=O)(=O)c2ccccc2)cc1C. The van der Waals surface area contributed by atoms with Crippen molar-refractivity contribution in [1.82, 2.24) is 5.43 Å². The quantitative estimate of drug-likeness (QED) is 0.387. The minimum Gasteiger partial charge on any atom is -0.271 e. The maximum atomic E-state index is 13.3. The van der Waals surface area contributed by atoms with E-state index >= 15 is 0 Å². The molecule has 34 heavy (non-hydrogen) atoms. The molecule has 3 aromatic carbocycles. The van der Waals surface area contributed by atoms with Crippen molar-refractivity contribution in [2.24, 2.45) is 5.10 Å². The summed E-state index contributed by atoms with van der Waals surface area (Å²) in [5, 5.41) is 3.68. The Kier molecular flexibility index (Phi) is 7.41. The third kappa shape index (κ3) is 6.02. The van der Waals surface area contributed by atoms with Gasteiger partial charge in [-0.05, 0) is 66.9 Å². The highest BCUT2D eigenvalue weighted by molar-refractivity contribution is 7.92. The zero-order valence-corrected chi connectivity index (χ0v) is 19.2. The first-order valence-corrected chi connectivity index (χ1v) is 11.6. The van der Waals surface area contributed by atoms with Crippen LogP contribution in [0.2, 0.25) is 0 Å². The van der Waals surface area contributed by atoms with E-state index in [4.69, 9.17) is 0 Å². The summed E-state index contributed by atoms with van der Waals surface area (Å²) in [6.07, 6.45) is -3.45. The Morgan fingerprint density at radius 1 is 0.971 bits per heavy atom. The predicted octanol–water partition coefficient (Wildman–Crippen LogP) is 4.67. The van der Waals surface area contributed by atoms with Gasteiger partial charge < -0.3 is 0 Å². The van der Waals surface area contributed by atoms with Crippen molar-refractivity contribution in [2.45, 2.75) is 24.9 Å². The third-order valence-electron chi connectivity index (χ3n) is 5.01. The van der Waals surface area contributed by atoms with Gasteiger partial charge in [-0.2, -0.15) is 18.3 Å². The summed E-state index contributed by atoms with van der Waals surface area (Å²) < 4.78 is 66.1. The predicted molar refractivity (Wildman–Crippen MR) is 124 cm³/mol. The summed E-state index contributed by atoms with van der Waals surface area (Å²) >= 11 is 0. The van der Waals surface area contributed by atoms with Gasteiger partial charge in [-0.1, -0.05) is 36.4 Å². The molecule has 0 fully saturated rings. The molecule has 0 bridgehead atoms. The monoisotopic (exact) mass is 489 g/mol. The van der Waals surface area contributed by atoms with E-state index < -0.39 is 34.2 Å². The number of halogens is 3. The number of nitrogens with zero attached hydrogens (tertiary/aromatic N) is 2. The lowest BCUT2D eigenvalue weighted by molar-refractivity contribution is -0.137. The number of carbonyl (C=O) groups is 1. The van der Waals surface area contributed by atoms with Crippen molar-refractivity contribution in [2.75, 3.05) is 10.8 Å². The topological polar surface area (TPSA) is 78.8 Å². The molecule has 3 rings (SSSR count). The van der Waals surface area contributed by atoms with Gasteiger partial charge in [0.25, 0.3) is 15.9 Å². The van der Waals surface area contributed by atoms with Crippen LogP contribution in [0, 0.1) is 13.8 Å². The minimum absolute atomic E-state index is 0.00787. The zero-order chi connectivity index (χ0) is 24.9. The zero-order valence-electron chi connectivity index (χ0n) is 18.4. The van der Waals surface area contributed by atoms with Crippen LogP contribution in [0.15, 0.2) is 82.8 Å². The average molecular weight is 490 g/mol. The number of nitrogens with one attached hydrogen (secondary N) is 1. The normalized spacial score (nSPS) is 12.0. The van der Waals surface area contributed by atoms with Crippen LogP contribution in [0.4, 0.5) is 18.9 Å². The number of aryl methyl sites for hydroxylation is 2. The maximum Gasteiger partial charge on any atom is 0.416 e. The molecule has 1 amide bonds. The molecule has 0 aliphatic heterocycles. The highest BCUT2D eigenvalue weighted by Crippen LogP contribution is 2.29. The third-order valence-corrected chi connectivity index (χ3v) is 6.80. The second kappa shape index (κ2) is 10.1. The Labute approximate surface area is 195 Å². The number of alkyl halides is 3. The summed E-state index contributed by atoms with van der Waals surface area (Å²) in [4.78, 5) is 12.6. The average Bonchev–Trinajstić information content (AvgIpc) is 2.79. The van der Waals surface area contributed by atoms with E-state index in [0.29, 0.717) is 5.69 Å². The van der Waals surface area contributed by atoms with Crippen LogP contribution < -0.4 is 9.73 Å². The van der Waals surface area contributed by atoms with Crippen LogP contribution in [0.1, 0.15) is 22.3 Å². The first-order valence-electron chi connectivity index (χ1n) is 10.1. The fraction of sp³-hybridized carbons (Fsp3) is 0.167. The number of benzene rings is 3. The largest absolute Gasteiger partial charge is 0.416 e. The Morgan fingerprint density at radius 3 is 2.32 bits per heavy atom. The highest BCUT2D eigenvalue weighted by Gasteiger charge is 2.30. The Morgan fingerprint density at radius 2 is 1.68 bits per heavy atom. The van der Waals surface area contributed by atoms with Gasteiger partial charge in [0.05, 0.1) is 22.4 Å². The van der Waals surface area contributed by atoms with Gasteiger partial charge in [-0.25, -0.2) is 13.8 Å². The van der Waals surface area contributed by atoms with E-state index in [-0.39, 0.29) is 10.5 Å².